The number of aromatic nitrogens is 2. The third-order valence-corrected chi connectivity index (χ3v) is 6.91. The van der Waals surface area contributed by atoms with E-state index < -0.39 is 18.0 Å². The zero-order valence-corrected chi connectivity index (χ0v) is 25.0. The fourth-order valence-electron chi connectivity index (χ4n) is 4.87. The van der Waals surface area contributed by atoms with Gasteiger partial charge in [0.05, 0.1) is 11.0 Å². The largest absolute Gasteiger partial charge is 0.573 e. The average Bonchev–Trinajstić information content (AvgIpc) is 3.36. The third-order valence-electron chi connectivity index (χ3n) is 6.91. The summed E-state index contributed by atoms with van der Waals surface area (Å²) in [6.45, 7) is 4.56. The van der Waals surface area contributed by atoms with Gasteiger partial charge in [-0.2, -0.15) is 0 Å². The SMILES string of the molecule is CCCN=C(N)N.NC(=O)Cn1c(-c2cccc(OC(F)(F)F)c2)nc2cc(C(=O)N3CCN(c4ccc(F)cc4)CC3)ccc21. The maximum atomic E-state index is 13.3. The van der Waals surface area contributed by atoms with Gasteiger partial charge in [-0.3, -0.25) is 14.6 Å². The maximum Gasteiger partial charge on any atom is 0.573 e. The number of carbonyl (C=O) groups is 2. The molecule has 0 unspecified atom stereocenters. The van der Waals surface area contributed by atoms with Gasteiger partial charge in [0.1, 0.15) is 23.9 Å². The van der Waals surface area contributed by atoms with Crippen molar-refractivity contribution in [2.24, 2.45) is 22.2 Å². The van der Waals surface area contributed by atoms with E-state index in [4.69, 9.17) is 17.2 Å². The van der Waals surface area contributed by atoms with Crippen LogP contribution in [0.3, 0.4) is 0 Å². The minimum Gasteiger partial charge on any atom is -0.406 e. The van der Waals surface area contributed by atoms with Gasteiger partial charge in [-0.25, -0.2) is 9.37 Å². The minimum absolute atomic E-state index is 0.182. The number of primary amides is 1. The summed E-state index contributed by atoms with van der Waals surface area (Å²) >= 11 is 0. The summed E-state index contributed by atoms with van der Waals surface area (Å²) in [6, 6.07) is 16.3. The molecule has 1 fully saturated rings. The Morgan fingerprint density at radius 3 is 2.24 bits per heavy atom. The van der Waals surface area contributed by atoms with Crippen molar-refractivity contribution in [3.05, 3.63) is 78.1 Å². The smallest absolute Gasteiger partial charge is 0.406 e. The Morgan fingerprint density at radius 2 is 1.65 bits per heavy atom. The van der Waals surface area contributed by atoms with Crippen LogP contribution in [-0.4, -0.2) is 71.3 Å². The van der Waals surface area contributed by atoms with Gasteiger partial charge in [0.15, 0.2) is 5.96 Å². The molecule has 0 atom stereocenters. The van der Waals surface area contributed by atoms with Crippen LogP contribution in [0.1, 0.15) is 23.7 Å². The number of carbonyl (C=O) groups excluding carboxylic acids is 2. The Balaban J connectivity index is 0.000000617. The highest BCUT2D eigenvalue weighted by molar-refractivity contribution is 5.98. The Labute approximate surface area is 262 Å². The molecule has 46 heavy (non-hydrogen) atoms. The van der Waals surface area contributed by atoms with Gasteiger partial charge in [0.25, 0.3) is 5.91 Å². The molecule has 11 nitrogen and oxygen atoms in total. The zero-order chi connectivity index (χ0) is 33.4. The lowest BCUT2D eigenvalue weighted by Gasteiger charge is -2.36. The van der Waals surface area contributed by atoms with Crippen molar-refractivity contribution in [1.82, 2.24) is 14.5 Å². The number of imidazole rings is 1. The minimum atomic E-state index is -4.87. The molecular weight excluding hydrogens is 608 g/mol. The molecule has 0 saturated carbocycles. The summed E-state index contributed by atoms with van der Waals surface area (Å²) in [6.07, 6.45) is -3.87. The first kappa shape index (κ1) is 33.6. The monoisotopic (exact) mass is 642 g/mol. The molecule has 244 valence electrons. The van der Waals surface area contributed by atoms with Gasteiger partial charge in [-0.15, -0.1) is 13.2 Å². The molecule has 2 amide bonds. The lowest BCUT2D eigenvalue weighted by Crippen LogP contribution is -2.48. The summed E-state index contributed by atoms with van der Waals surface area (Å²) in [5, 5.41) is 0. The van der Waals surface area contributed by atoms with Crippen molar-refractivity contribution in [1.29, 1.82) is 0 Å². The molecule has 3 aromatic carbocycles. The molecule has 1 aromatic heterocycles. The average molecular weight is 643 g/mol. The Hall–Kier alpha value is -5.34. The van der Waals surface area contributed by atoms with Gasteiger partial charge < -0.3 is 36.3 Å². The molecule has 6 N–H and O–H groups in total. The van der Waals surface area contributed by atoms with Crippen molar-refractivity contribution >= 4 is 34.5 Å². The predicted molar refractivity (Wildman–Crippen MR) is 167 cm³/mol. The lowest BCUT2D eigenvalue weighted by atomic mass is 10.1. The number of rotatable bonds is 8. The molecule has 5 rings (SSSR count). The molecule has 1 aliphatic rings. The third kappa shape index (κ3) is 8.86. The van der Waals surface area contributed by atoms with Crippen LogP contribution in [0.15, 0.2) is 71.7 Å². The zero-order valence-electron chi connectivity index (χ0n) is 25.0. The van der Waals surface area contributed by atoms with E-state index in [1.54, 1.807) is 35.2 Å². The van der Waals surface area contributed by atoms with E-state index in [1.807, 2.05) is 6.92 Å². The summed E-state index contributed by atoms with van der Waals surface area (Å²) < 4.78 is 56.9. The normalized spacial score (nSPS) is 13.2. The topological polar surface area (TPSA) is 158 Å². The van der Waals surface area contributed by atoms with E-state index in [0.29, 0.717) is 42.8 Å². The number of alkyl halides is 3. The van der Waals surface area contributed by atoms with Gasteiger partial charge in [-0.1, -0.05) is 19.1 Å². The maximum absolute atomic E-state index is 13.3. The highest BCUT2D eigenvalue weighted by Gasteiger charge is 2.31. The molecule has 15 heteroatoms. The van der Waals surface area contributed by atoms with Gasteiger partial charge in [0, 0.05) is 49.5 Å². The number of guanidine groups is 1. The molecular formula is C31H34F4N8O3. The van der Waals surface area contributed by atoms with Crippen LogP contribution in [0.25, 0.3) is 22.4 Å². The molecule has 4 aromatic rings. The van der Waals surface area contributed by atoms with Crippen molar-refractivity contribution < 1.29 is 31.9 Å². The van der Waals surface area contributed by atoms with Gasteiger partial charge in [0.2, 0.25) is 5.91 Å². The summed E-state index contributed by atoms with van der Waals surface area (Å²) in [7, 11) is 0. The Kier molecular flexibility index (Phi) is 10.7. The Morgan fingerprint density at radius 1 is 0.957 bits per heavy atom. The molecule has 0 bridgehead atoms. The second-order valence-corrected chi connectivity index (χ2v) is 10.3. The molecule has 0 spiro atoms. The summed E-state index contributed by atoms with van der Waals surface area (Å²) in [5.41, 5.74) is 17.8. The van der Waals surface area contributed by atoms with Crippen LogP contribution >= 0.6 is 0 Å². The second kappa shape index (κ2) is 14.6. The van der Waals surface area contributed by atoms with E-state index in [1.165, 1.54) is 34.9 Å². The van der Waals surface area contributed by atoms with Crippen LogP contribution in [-0.2, 0) is 11.3 Å². The van der Waals surface area contributed by atoms with Crippen molar-refractivity contribution in [3.63, 3.8) is 0 Å². The van der Waals surface area contributed by atoms with E-state index in [2.05, 4.69) is 19.6 Å². The summed E-state index contributed by atoms with van der Waals surface area (Å²) in [5.74, 6) is -1.24. The molecule has 2 heterocycles. The quantitative estimate of drug-likeness (QED) is 0.150. The molecule has 0 aliphatic carbocycles. The number of hydrogen-bond donors (Lipinski definition) is 3. The predicted octanol–water partition coefficient (Wildman–Crippen LogP) is 3.86. The number of anilines is 1. The number of nitrogens with two attached hydrogens (primary N) is 3. The number of ether oxygens (including phenoxy) is 1. The number of benzene rings is 3. The number of piperazine rings is 1. The molecule has 1 saturated heterocycles. The standard InChI is InChI=1S/C27H23F4N5O3.C4H11N3/c28-19-5-7-20(8-6-19)34-10-12-35(13-11-34)26(38)18-4-9-23-22(15-18)33-25(36(23)16-24(32)37)17-2-1-3-21(14-17)39-27(29,30)31;1-2-3-7-4(5)6/h1-9,14-15H,10-13,16H2,(H2,32,37);2-3H2,1H3,(H4,5,6,7). The fourth-order valence-corrected chi connectivity index (χ4v) is 4.87. The van der Waals surface area contributed by atoms with Crippen molar-refractivity contribution in [2.75, 3.05) is 37.6 Å². The van der Waals surface area contributed by atoms with Crippen LogP contribution in [0, 0.1) is 5.82 Å². The molecule has 1 aliphatic heterocycles. The van der Waals surface area contributed by atoms with E-state index >= 15 is 0 Å². The van der Waals surface area contributed by atoms with E-state index in [0.717, 1.165) is 24.7 Å². The Bertz CT molecular complexity index is 1690. The highest BCUT2D eigenvalue weighted by atomic mass is 19.4. The van der Waals surface area contributed by atoms with Gasteiger partial charge >= 0.3 is 6.36 Å². The first-order valence-corrected chi connectivity index (χ1v) is 14.3. The number of amides is 2. The molecule has 0 radical (unpaired) electrons. The fraction of sp³-hybridized carbons (Fsp3) is 0.290. The lowest BCUT2D eigenvalue weighted by molar-refractivity contribution is -0.274. The van der Waals surface area contributed by atoms with Crippen LogP contribution in [0.4, 0.5) is 23.2 Å². The first-order chi connectivity index (χ1) is 21.8. The van der Waals surface area contributed by atoms with E-state index in [9.17, 15) is 27.2 Å². The van der Waals surface area contributed by atoms with Crippen molar-refractivity contribution in [2.45, 2.75) is 26.3 Å². The number of fused-ring (bicyclic) bond motifs is 1. The number of nitrogens with zero attached hydrogens (tertiary/aromatic N) is 5. The number of aliphatic imine (C=N–C) groups is 1. The van der Waals surface area contributed by atoms with Crippen LogP contribution < -0.4 is 26.8 Å². The highest BCUT2D eigenvalue weighted by Crippen LogP contribution is 2.30. The second-order valence-electron chi connectivity index (χ2n) is 10.3. The van der Waals surface area contributed by atoms with E-state index in [-0.39, 0.29) is 35.6 Å². The number of halogens is 4. The van der Waals surface area contributed by atoms with Gasteiger partial charge in [-0.05, 0) is 61.0 Å². The summed E-state index contributed by atoms with van der Waals surface area (Å²) in [4.78, 5) is 37.1. The van der Waals surface area contributed by atoms with Crippen molar-refractivity contribution in [3.8, 4) is 17.1 Å². The number of hydrogen-bond acceptors (Lipinski definition) is 6. The van der Waals surface area contributed by atoms with Crippen LogP contribution in [0.2, 0.25) is 0 Å². The first-order valence-electron chi connectivity index (χ1n) is 14.3. The van der Waals surface area contributed by atoms with Crippen LogP contribution in [0.5, 0.6) is 5.75 Å².